The van der Waals surface area contributed by atoms with E-state index >= 15 is 17.6 Å². The number of benzene rings is 6. The molecule has 0 radical (unpaired) electrons. The Bertz CT molecular complexity index is 2390. The molecule has 0 spiro atoms. The topological polar surface area (TPSA) is 59.4 Å². The van der Waals surface area contributed by atoms with Gasteiger partial charge in [-0.2, -0.15) is 0 Å². The highest BCUT2D eigenvalue weighted by molar-refractivity contribution is 5.94. The van der Waals surface area contributed by atoms with Crippen LogP contribution in [0.5, 0.6) is 5.75 Å². The molecule has 1 N–H and O–H groups in total. The summed E-state index contributed by atoms with van der Waals surface area (Å²) in [7, 11) is 0. The number of hydrogen-bond acceptors (Lipinski definition) is 4. The van der Waals surface area contributed by atoms with Crippen molar-refractivity contribution in [3.05, 3.63) is 150 Å². The third-order valence-electron chi connectivity index (χ3n) is 10.2. The van der Waals surface area contributed by atoms with Crippen LogP contribution in [0.1, 0.15) is 63.0 Å². The summed E-state index contributed by atoms with van der Waals surface area (Å²) >= 11 is 0. The third kappa shape index (κ3) is 9.69. The first-order valence-electron chi connectivity index (χ1n) is 19.4. The van der Waals surface area contributed by atoms with Crippen LogP contribution in [0.2, 0.25) is 0 Å². The van der Waals surface area contributed by atoms with Crippen molar-refractivity contribution in [2.24, 2.45) is 0 Å². The van der Waals surface area contributed by atoms with Gasteiger partial charge >= 0.3 is 5.97 Å². The van der Waals surface area contributed by atoms with Crippen LogP contribution in [0.15, 0.2) is 116 Å². The van der Waals surface area contributed by atoms with Crippen LogP contribution >= 0.6 is 0 Å². The molecule has 0 aromatic heterocycles. The van der Waals surface area contributed by atoms with E-state index in [4.69, 9.17) is 14.9 Å². The summed E-state index contributed by atoms with van der Waals surface area (Å²) in [5, 5.41) is 9.76. The van der Waals surface area contributed by atoms with E-state index in [0.717, 1.165) is 80.0 Å². The average molecular weight is 772 g/mol. The van der Waals surface area contributed by atoms with Gasteiger partial charge in [0, 0.05) is 40.1 Å². The summed E-state index contributed by atoms with van der Waals surface area (Å²) in [5.74, 6) is -3.69. The van der Waals surface area contributed by atoms with Gasteiger partial charge in [0.15, 0.2) is 11.6 Å². The molecule has 6 rings (SSSR count). The molecule has 0 bridgehead atoms. The number of nitrogens with one attached hydrogen (secondary N) is 1. The Morgan fingerprint density at radius 3 is 1.93 bits per heavy atom. The Morgan fingerprint density at radius 2 is 1.23 bits per heavy atom. The van der Waals surface area contributed by atoms with Crippen molar-refractivity contribution in [2.75, 3.05) is 13.2 Å². The van der Waals surface area contributed by atoms with E-state index in [2.05, 4.69) is 13.5 Å². The minimum absolute atomic E-state index is 0.00173. The lowest BCUT2D eigenvalue weighted by Crippen LogP contribution is -2.02. The highest BCUT2D eigenvalue weighted by Gasteiger charge is 2.22. The second-order valence-electron chi connectivity index (χ2n) is 14.0. The molecular weight excluding hydrogens is 727 g/mol. The monoisotopic (exact) mass is 771 g/mol. The molecule has 6 aromatic rings. The predicted octanol–water partition coefficient (Wildman–Crippen LogP) is 13.5. The smallest absolute Gasteiger partial charge is 0.330 e. The summed E-state index contributed by atoms with van der Waals surface area (Å²) in [6, 6.07) is 28.9. The molecule has 0 amide bonds. The largest absolute Gasteiger partial charge is 0.494 e. The van der Waals surface area contributed by atoms with E-state index in [0.29, 0.717) is 30.1 Å². The molecule has 6 aromatic carbocycles. The molecule has 0 unspecified atom stereocenters. The molecule has 0 heterocycles. The van der Waals surface area contributed by atoms with Crippen LogP contribution in [0.3, 0.4) is 0 Å². The fraction of sp³-hybridized carbons (Fsp3) is 0.224. The van der Waals surface area contributed by atoms with Crippen LogP contribution < -0.4 is 4.74 Å². The summed E-state index contributed by atoms with van der Waals surface area (Å²) in [4.78, 5) is 11.1. The van der Waals surface area contributed by atoms with Gasteiger partial charge in [-0.1, -0.05) is 105 Å². The molecule has 0 saturated carbocycles. The van der Waals surface area contributed by atoms with Crippen LogP contribution in [0.4, 0.5) is 17.6 Å². The molecule has 57 heavy (non-hydrogen) atoms. The molecule has 0 atom stereocenters. The second-order valence-corrected chi connectivity index (χ2v) is 14.0. The van der Waals surface area contributed by atoms with E-state index in [1.807, 2.05) is 54.6 Å². The molecule has 0 saturated heterocycles. The first-order valence-corrected chi connectivity index (χ1v) is 19.4. The van der Waals surface area contributed by atoms with Crippen molar-refractivity contribution in [3.63, 3.8) is 0 Å². The van der Waals surface area contributed by atoms with Gasteiger partial charge in [0.25, 0.3) is 0 Å². The maximum atomic E-state index is 16.1. The number of halogens is 4. The van der Waals surface area contributed by atoms with Gasteiger partial charge in [-0.05, 0) is 101 Å². The number of unbranched alkanes of at least 4 members (excludes halogenated alkanes) is 5. The Kier molecular flexibility index (Phi) is 13.7. The second kappa shape index (κ2) is 19.2. The lowest BCUT2D eigenvalue weighted by atomic mass is 9.91. The van der Waals surface area contributed by atoms with E-state index < -0.39 is 29.2 Å². The van der Waals surface area contributed by atoms with Crippen molar-refractivity contribution >= 4 is 23.0 Å². The van der Waals surface area contributed by atoms with Crippen molar-refractivity contribution in [3.8, 4) is 50.3 Å². The summed E-state index contributed by atoms with van der Waals surface area (Å²) < 4.78 is 74.1. The number of esters is 1. The number of rotatable bonds is 18. The van der Waals surface area contributed by atoms with Crippen molar-refractivity contribution in [2.45, 2.75) is 58.3 Å². The van der Waals surface area contributed by atoms with Gasteiger partial charge in [-0.15, -0.1) is 0 Å². The van der Waals surface area contributed by atoms with Gasteiger partial charge in [0.2, 0.25) is 0 Å². The lowest BCUT2D eigenvalue weighted by Gasteiger charge is -2.15. The minimum Gasteiger partial charge on any atom is -0.494 e. The van der Waals surface area contributed by atoms with Crippen molar-refractivity contribution < 1.29 is 31.8 Å². The number of fused-ring (bicyclic) bond motifs is 1. The van der Waals surface area contributed by atoms with E-state index in [1.54, 1.807) is 12.1 Å². The van der Waals surface area contributed by atoms with Crippen molar-refractivity contribution in [1.29, 1.82) is 5.41 Å². The predicted molar refractivity (Wildman–Crippen MR) is 222 cm³/mol. The maximum absolute atomic E-state index is 16.1. The molecule has 0 aliphatic heterocycles. The summed E-state index contributed by atoms with van der Waals surface area (Å²) in [6.45, 7) is 6.44. The van der Waals surface area contributed by atoms with Crippen LogP contribution in [-0.4, -0.2) is 25.4 Å². The van der Waals surface area contributed by atoms with Crippen molar-refractivity contribution in [1.82, 2.24) is 0 Å². The quantitative estimate of drug-likeness (QED) is 0.0311. The van der Waals surface area contributed by atoms with E-state index in [-0.39, 0.29) is 33.4 Å². The number of carbonyl (C=O) groups excluding carboxylic acids is 1. The Hall–Kier alpha value is -6.02. The first-order chi connectivity index (χ1) is 27.7. The molecule has 8 heteroatoms. The van der Waals surface area contributed by atoms with Crippen LogP contribution in [0.25, 0.3) is 55.3 Å². The Balaban J connectivity index is 1.15. The zero-order valence-electron chi connectivity index (χ0n) is 32.0. The SMILES string of the molecule is C=CC(=O)OCCCCCCOc1ccc2cc(-c3ccc(-c4ccc(-c5ccc(-c6ccc(CCCCC)cc6)cc5F)c(F)c4F)c(C=N)c3F)ccc2c1. The molecular formula is C49H45F4NO3. The van der Waals surface area contributed by atoms with Gasteiger partial charge < -0.3 is 14.9 Å². The van der Waals surface area contributed by atoms with Gasteiger partial charge in [-0.25, -0.2) is 22.4 Å². The minimum atomic E-state index is -1.27. The molecule has 0 fully saturated rings. The highest BCUT2D eigenvalue weighted by atomic mass is 19.2. The maximum Gasteiger partial charge on any atom is 0.330 e. The summed E-state index contributed by atoms with van der Waals surface area (Å²) in [6.07, 6.45) is 9.80. The zero-order chi connectivity index (χ0) is 40.3. The number of carbonyl (C=O) groups is 1. The van der Waals surface area contributed by atoms with Crippen LogP contribution in [0, 0.1) is 28.7 Å². The number of aryl methyl sites for hydroxylation is 1. The zero-order valence-corrected chi connectivity index (χ0v) is 32.0. The molecule has 0 aliphatic carbocycles. The highest BCUT2D eigenvalue weighted by Crippen LogP contribution is 2.38. The summed E-state index contributed by atoms with van der Waals surface area (Å²) in [5.41, 5.74) is 2.59. The Morgan fingerprint density at radius 1 is 0.614 bits per heavy atom. The lowest BCUT2D eigenvalue weighted by molar-refractivity contribution is -0.137. The molecule has 4 nitrogen and oxygen atoms in total. The Labute approximate surface area is 331 Å². The average Bonchev–Trinajstić information content (AvgIpc) is 3.23. The van der Waals surface area contributed by atoms with E-state index in [1.165, 1.54) is 42.0 Å². The van der Waals surface area contributed by atoms with Crippen LogP contribution in [-0.2, 0) is 16.0 Å². The molecule has 0 aliphatic rings. The standard InChI is InChI=1S/C49H45F4NO3/c1-3-5-8-11-32-12-14-33(15-13-32)36-19-21-41(45(50)30-36)43-25-24-42(48(52)49(43)53)40-23-22-39(47(51)44(40)31-54)37-17-16-35-29-38(20-18-34(35)28-37)56-26-9-6-7-10-27-57-46(55)4-2/h4,12-25,28-31,54H,2-3,5-11,26-27H2,1H3. The third-order valence-corrected chi connectivity index (χ3v) is 10.2. The van der Waals surface area contributed by atoms with Gasteiger partial charge in [0.05, 0.1) is 13.2 Å². The first kappa shape index (κ1) is 40.6. The van der Waals surface area contributed by atoms with E-state index in [9.17, 15) is 4.79 Å². The molecule has 292 valence electrons. The van der Waals surface area contributed by atoms with Gasteiger partial charge in [0.1, 0.15) is 17.4 Å². The normalized spacial score (nSPS) is 11.1. The number of ether oxygens (including phenoxy) is 2. The number of hydrogen-bond donors (Lipinski definition) is 1. The fourth-order valence-electron chi connectivity index (χ4n) is 6.97. The fourth-order valence-corrected chi connectivity index (χ4v) is 6.97. The van der Waals surface area contributed by atoms with Gasteiger partial charge in [-0.3, -0.25) is 0 Å².